The Morgan fingerprint density at radius 2 is 1.80 bits per heavy atom. The summed E-state index contributed by atoms with van der Waals surface area (Å²) in [6, 6.07) is 16.0. The van der Waals surface area contributed by atoms with Crippen molar-refractivity contribution < 1.29 is 13.6 Å². The largest absolute Gasteiger partial charge is 0.322 e. The van der Waals surface area contributed by atoms with Crippen LogP contribution in [-0.4, -0.2) is 23.3 Å². The van der Waals surface area contributed by atoms with E-state index in [1.54, 1.807) is 24.3 Å². The Kier molecular flexibility index (Phi) is 3.53. The maximum Gasteiger partial charge on any atom is 0.280 e. The van der Waals surface area contributed by atoms with Crippen LogP contribution in [0, 0.1) is 5.92 Å². The molecule has 0 radical (unpaired) electrons. The molecular formula is C21H19F2NO. The van der Waals surface area contributed by atoms with E-state index in [0.717, 1.165) is 5.56 Å². The van der Waals surface area contributed by atoms with E-state index in [2.05, 4.69) is 6.58 Å². The monoisotopic (exact) mass is 339 g/mol. The lowest BCUT2D eigenvalue weighted by Crippen LogP contribution is -2.49. The van der Waals surface area contributed by atoms with Crippen LogP contribution < -0.4 is 0 Å². The number of nitrogens with zero attached hydrogens (tertiary/aromatic N) is 1. The maximum absolute atomic E-state index is 15.7. The number of amides is 1. The number of hydrogen-bond donors (Lipinski definition) is 0. The zero-order valence-electron chi connectivity index (χ0n) is 13.8. The Morgan fingerprint density at radius 1 is 1.12 bits per heavy atom. The highest BCUT2D eigenvalue weighted by molar-refractivity contribution is 6.00. The minimum absolute atomic E-state index is 0.0496. The molecule has 1 fully saturated rings. The molecule has 0 saturated carbocycles. The maximum atomic E-state index is 15.7. The molecule has 128 valence electrons. The second kappa shape index (κ2) is 5.51. The fraction of sp³-hybridized carbons (Fsp3) is 0.286. The number of carbonyl (C=O) groups is 1. The third kappa shape index (κ3) is 2.03. The topological polar surface area (TPSA) is 20.3 Å². The Morgan fingerprint density at radius 3 is 2.52 bits per heavy atom. The Balaban J connectivity index is 1.82. The number of alkyl halides is 2. The van der Waals surface area contributed by atoms with Gasteiger partial charge < -0.3 is 4.90 Å². The first-order valence-corrected chi connectivity index (χ1v) is 8.46. The van der Waals surface area contributed by atoms with Crippen molar-refractivity contribution in [2.75, 3.05) is 6.54 Å². The third-order valence-corrected chi connectivity index (χ3v) is 5.54. The molecule has 1 amide bonds. The summed E-state index contributed by atoms with van der Waals surface area (Å²) in [6.07, 6.45) is 1.80. The summed E-state index contributed by atoms with van der Waals surface area (Å²) in [7, 11) is 0. The van der Waals surface area contributed by atoms with Crippen LogP contribution in [0.4, 0.5) is 8.78 Å². The molecule has 2 aromatic rings. The summed E-state index contributed by atoms with van der Waals surface area (Å²) in [5.41, 5.74) is 0.0764. The normalized spacial score (nSPS) is 26.4. The van der Waals surface area contributed by atoms with E-state index in [1.807, 2.05) is 30.3 Å². The number of hydrogen-bond acceptors (Lipinski definition) is 1. The van der Waals surface area contributed by atoms with Crippen molar-refractivity contribution in [3.63, 3.8) is 0 Å². The molecule has 0 spiro atoms. The van der Waals surface area contributed by atoms with Gasteiger partial charge in [-0.1, -0.05) is 54.6 Å². The van der Waals surface area contributed by atoms with Crippen LogP contribution in [0.15, 0.2) is 67.3 Å². The predicted octanol–water partition coefficient (Wildman–Crippen LogP) is 4.42. The molecule has 0 aromatic heterocycles. The van der Waals surface area contributed by atoms with Gasteiger partial charge in [0.15, 0.2) is 0 Å². The molecule has 2 atom stereocenters. The smallest absolute Gasteiger partial charge is 0.280 e. The lowest BCUT2D eigenvalue weighted by Gasteiger charge is -2.37. The minimum Gasteiger partial charge on any atom is -0.322 e. The van der Waals surface area contributed by atoms with Gasteiger partial charge in [-0.2, -0.15) is 0 Å². The number of benzene rings is 2. The molecule has 2 aliphatic heterocycles. The molecule has 0 aliphatic carbocycles. The van der Waals surface area contributed by atoms with Crippen molar-refractivity contribution in [2.24, 2.45) is 5.92 Å². The van der Waals surface area contributed by atoms with Crippen LogP contribution in [0.2, 0.25) is 0 Å². The van der Waals surface area contributed by atoms with Gasteiger partial charge in [-0.05, 0) is 30.0 Å². The zero-order valence-corrected chi connectivity index (χ0v) is 13.8. The average Bonchev–Trinajstić information content (AvgIpc) is 2.98. The summed E-state index contributed by atoms with van der Waals surface area (Å²) in [6.45, 7) is 3.74. The highest BCUT2D eigenvalue weighted by Crippen LogP contribution is 2.59. The quantitative estimate of drug-likeness (QED) is 0.755. The third-order valence-electron chi connectivity index (χ3n) is 5.54. The van der Waals surface area contributed by atoms with Crippen molar-refractivity contribution >= 4 is 5.91 Å². The number of halogens is 2. The fourth-order valence-electron chi connectivity index (χ4n) is 4.42. The van der Waals surface area contributed by atoms with Crippen LogP contribution in [0.5, 0.6) is 0 Å². The van der Waals surface area contributed by atoms with E-state index in [1.165, 1.54) is 11.0 Å². The standard InChI is InChI=1S/C21H19F2NO/c1-2-12-20-18-11-7-6-10-17(18)19(25)24(20)14-16(21(20,22)23)13-15-8-4-3-5-9-15/h2-11,16H,1,12-14H2/t16-,20-/m1/s1. The number of carbonyl (C=O) groups excluding carboxylic acids is 1. The summed E-state index contributed by atoms with van der Waals surface area (Å²) in [4.78, 5) is 14.2. The summed E-state index contributed by atoms with van der Waals surface area (Å²) < 4.78 is 31.4. The lowest BCUT2D eigenvalue weighted by molar-refractivity contribution is -0.112. The minimum atomic E-state index is -3.03. The SMILES string of the molecule is C=CC[C@]12c3ccccc3C(=O)N1C[C@@H](Cc1ccccc1)C2(F)F. The predicted molar refractivity (Wildman–Crippen MR) is 92.6 cm³/mol. The van der Waals surface area contributed by atoms with Gasteiger partial charge in [0.1, 0.15) is 5.54 Å². The summed E-state index contributed by atoms with van der Waals surface area (Å²) in [5.74, 6) is -4.24. The molecule has 25 heavy (non-hydrogen) atoms. The molecule has 0 unspecified atom stereocenters. The fourth-order valence-corrected chi connectivity index (χ4v) is 4.42. The molecule has 1 saturated heterocycles. The molecular weight excluding hydrogens is 320 g/mol. The van der Waals surface area contributed by atoms with E-state index in [9.17, 15) is 4.79 Å². The van der Waals surface area contributed by atoms with Gasteiger partial charge in [0, 0.05) is 18.0 Å². The summed E-state index contributed by atoms with van der Waals surface area (Å²) >= 11 is 0. The van der Waals surface area contributed by atoms with Gasteiger partial charge in [0.25, 0.3) is 11.8 Å². The van der Waals surface area contributed by atoms with Gasteiger partial charge in [0.2, 0.25) is 0 Å². The molecule has 2 nitrogen and oxygen atoms in total. The van der Waals surface area contributed by atoms with Crippen molar-refractivity contribution in [1.29, 1.82) is 0 Å². The van der Waals surface area contributed by atoms with Gasteiger partial charge in [-0.25, -0.2) is 8.78 Å². The van der Waals surface area contributed by atoms with Crippen molar-refractivity contribution in [3.8, 4) is 0 Å². The second-order valence-corrected chi connectivity index (χ2v) is 6.82. The van der Waals surface area contributed by atoms with Crippen LogP contribution in [0.1, 0.15) is 27.9 Å². The highest BCUT2D eigenvalue weighted by Gasteiger charge is 2.71. The molecule has 0 N–H and O–H groups in total. The first-order chi connectivity index (χ1) is 12.0. The molecule has 4 rings (SSSR count). The Hall–Kier alpha value is -2.49. The molecule has 4 heteroatoms. The Bertz CT molecular complexity index is 833. The van der Waals surface area contributed by atoms with Crippen molar-refractivity contribution in [2.45, 2.75) is 24.3 Å². The van der Waals surface area contributed by atoms with Crippen molar-refractivity contribution in [3.05, 3.63) is 83.9 Å². The van der Waals surface area contributed by atoms with Gasteiger partial charge >= 0.3 is 0 Å². The number of rotatable bonds is 4. The van der Waals surface area contributed by atoms with Crippen LogP contribution >= 0.6 is 0 Å². The van der Waals surface area contributed by atoms with Crippen LogP contribution in [0.3, 0.4) is 0 Å². The summed E-state index contributed by atoms with van der Waals surface area (Å²) in [5, 5.41) is 0. The van der Waals surface area contributed by atoms with Crippen LogP contribution in [0.25, 0.3) is 0 Å². The zero-order chi connectivity index (χ0) is 17.7. The highest BCUT2D eigenvalue weighted by atomic mass is 19.3. The van der Waals surface area contributed by atoms with E-state index in [-0.39, 0.29) is 25.3 Å². The van der Waals surface area contributed by atoms with E-state index < -0.39 is 17.4 Å². The first kappa shape index (κ1) is 16.0. The van der Waals surface area contributed by atoms with Gasteiger partial charge in [0.05, 0.1) is 0 Å². The first-order valence-electron chi connectivity index (χ1n) is 8.46. The van der Waals surface area contributed by atoms with E-state index >= 15 is 8.78 Å². The van der Waals surface area contributed by atoms with Gasteiger partial charge in [-0.15, -0.1) is 6.58 Å². The number of fused-ring (bicyclic) bond motifs is 3. The van der Waals surface area contributed by atoms with E-state index in [0.29, 0.717) is 11.1 Å². The van der Waals surface area contributed by atoms with Gasteiger partial charge in [-0.3, -0.25) is 4.79 Å². The molecule has 2 aromatic carbocycles. The molecule has 2 heterocycles. The lowest BCUT2D eigenvalue weighted by atomic mass is 9.77. The molecule has 0 bridgehead atoms. The second-order valence-electron chi connectivity index (χ2n) is 6.82. The van der Waals surface area contributed by atoms with E-state index in [4.69, 9.17) is 0 Å². The Labute approximate surface area is 145 Å². The van der Waals surface area contributed by atoms with Crippen LogP contribution in [-0.2, 0) is 12.0 Å². The average molecular weight is 339 g/mol. The van der Waals surface area contributed by atoms with Crippen molar-refractivity contribution in [1.82, 2.24) is 4.90 Å². The molecule has 2 aliphatic rings.